The largest absolute Gasteiger partial charge is 0.495 e. The highest BCUT2D eigenvalue weighted by atomic mass is 32.1. The molecule has 0 radical (unpaired) electrons. The van der Waals surface area contributed by atoms with Gasteiger partial charge in [-0.3, -0.25) is 4.79 Å². The highest BCUT2D eigenvalue weighted by Crippen LogP contribution is 2.37. The molecule has 0 saturated carbocycles. The number of methoxy groups -OCH3 is 1. The van der Waals surface area contributed by atoms with Crippen LogP contribution in [0, 0.1) is 6.92 Å². The molecule has 2 aliphatic rings. The molecule has 0 N–H and O–H groups in total. The molecule has 1 amide bonds. The number of benzene rings is 1. The molecule has 8 heteroatoms. The minimum absolute atomic E-state index is 0.104. The highest BCUT2D eigenvalue weighted by molar-refractivity contribution is 7.20. The van der Waals surface area contributed by atoms with E-state index in [1.165, 1.54) is 30.6 Å². The van der Waals surface area contributed by atoms with Crippen LogP contribution in [0.5, 0.6) is 5.75 Å². The second kappa shape index (κ2) is 9.17. The van der Waals surface area contributed by atoms with Gasteiger partial charge in [0.15, 0.2) is 0 Å². The van der Waals surface area contributed by atoms with Crippen molar-refractivity contribution in [1.29, 1.82) is 0 Å². The van der Waals surface area contributed by atoms with Crippen LogP contribution in [0.1, 0.15) is 41.4 Å². The van der Waals surface area contributed by atoms with Gasteiger partial charge in [-0.1, -0.05) is 12.1 Å². The van der Waals surface area contributed by atoms with E-state index >= 15 is 0 Å². The van der Waals surface area contributed by atoms with E-state index in [0.717, 1.165) is 57.5 Å². The molecule has 2 aliphatic heterocycles. The predicted octanol–water partition coefficient (Wildman–Crippen LogP) is 4.35. The van der Waals surface area contributed by atoms with Crippen molar-refractivity contribution in [1.82, 2.24) is 14.9 Å². The first kappa shape index (κ1) is 21.9. The Morgan fingerprint density at radius 2 is 1.88 bits per heavy atom. The third kappa shape index (κ3) is 4.01. The van der Waals surface area contributed by atoms with Gasteiger partial charge in [0.05, 0.1) is 23.1 Å². The summed E-state index contributed by atoms with van der Waals surface area (Å²) in [7, 11) is 1.70. The average Bonchev–Trinajstić information content (AvgIpc) is 3.20. The number of para-hydroxylation sites is 2. The number of anilines is 2. The number of hydrogen-bond acceptors (Lipinski definition) is 7. The smallest absolute Gasteiger partial charge is 0.264 e. The maximum atomic E-state index is 13.5. The molecule has 5 rings (SSSR count). The molecule has 0 aliphatic carbocycles. The molecule has 174 valence electrons. The quantitative estimate of drug-likeness (QED) is 0.571. The minimum atomic E-state index is 0.104. The molecule has 0 spiro atoms. The number of thiophene rings is 1. The number of aromatic nitrogens is 2. The lowest BCUT2D eigenvalue weighted by Crippen LogP contribution is -2.48. The average molecular weight is 466 g/mol. The molecule has 1 aromatic carbocycles. The van der Waals surface area contributed by atoms with Gasteiger partial charge in [-0.25, -0.2) is 9.97 Å². The van der Waals surface area contributed by atoms with Crippen molar-refractivity contribution in [2.24, 2.45) is 0 Å². The summed E-state index contributed by atoms with van der Waals surface area (Å²) in [5.74, 6) is 1.96. The van der Waals surface area contributed by atoms with Crippen LogP contribution in [0.25, 0.3) is 10.2 Å². The van der Waals surface area contributed by atoms with E-state index in [1.54, 1.807) is 13.4 Å². The summed E-state index contributed by atoms with van der Waals surface area (Å²) in [5, 5.41) is 1.05. The van der Waals surface area contributed by atoms with E-state index in [1.807, 2.05) is 23.1 Å². The summed E-state index contributed by atoms with van der Waals surface area (Å²) < 4.78 is 5.52. The van der Waals surface area contributed by atoms with Crippen LogP contribution in [0.15, 0.2) is 30.6 Å². The number of fused-ring (bicyclic) bond motifs is 1. The van der Waals surface area contributed by atoms with Crippen molar-refractivity contribution in [3.05, 3.63) is 41.0 Å². The number of piperidine rings is 1. The SMILES string of the molecule is COc1ccccc1N1CCN(C(=O)c2sc3ncnc(N4CCCC[C@H]4C)c3c2C)CC1. The van der Waals surface area contributed by atoms with Crippen LogP contribution < -0.4 is 14.5 Å². The first-order chi connectivity index (χ1) is 16.1. The first-order valence-electron chi connectivity index (χ1n) is 11.8. The highest BCUT2D eigenvalue weighted by Gasteiger charge is 2.29. The van der Waals surface area contributed by atoms with E-state index < -0.39 is 0 Å². The Balaban J connectivity index is 1.37. The standard InChI is InChI=1S/C25H31N5O2S/c1-17-8-6-7-11-30(17)23-21-18(2)22(33-24(21)27-16-26-23)25(31)29-14-12-28(13-15-29)19-9-4-5-10-20(19)32-3/h4-5,9-10,16-17H,6-8,11-15H2,1-3H3/t17-/m1/s1. The van der Waals surface area contributed by atoms with Gasteiger partial charge in [-0.05, 0) is 50.8 Å². The molecule has 4 heterocycles. The molecule has 33 heavy (non-hydrogen) atoms. The van der Waals surface area contributed by atoms with E-state index in [-0.39, 0.29) is 5.91 Å². The zero-order valence-electron chi connectivity index (χ0n) is 19.6. The molecule has 7 nitrogen and oxygen atoms in total. The van der Waals surface area contributed by atoms with Gasteiger partial charge in [0.2, 0.25) is 0 Å². The van der Waals surface area contributed by atoms with Crippen LogP contribution in [0.3, 0.4) is 0 Å². The molecule has 2 fully saturated rings. The summed E-state index contributed by atoms with van der Waals surface area (Å²) >= 11 is 1.51. The lowest BCUT2D eigenvalue weighted by atomic mass is 10.0. The fraction of sp³-hybridized carbons (Fsp3) is 0.480. The number of rotatable bonds is 4. The van der Waals surface area contributed by atoms with Gasteiger partial charge < -0.3 is 19.4 Å². The summed E-state index contributed by atoms with van der Waals surface area (Å²) in [6, 6.07) is 8.52. The van der Waals surface area contributed by atoms with Crippen LogP contribution >= 0.6 is 11.3 Å². The van der Waals surface area contributed by atoms with Crippen molar-refractivity contribution >= 4 is 39.0 Å². The Hall–Kier alpha value is -2.87. The second-order valence-corrected chi connectivity index (χ2v) is 9.92. The van der Waals surface area contributed by atoms with Gasteiger partial charge in [-0.15, -0.1) is 11.3 Å². The molecule has 2 aromatic heterocycles. The van der Waals surface area contributed by atoms with Gasteiger partial charge in [0.25, 0.3) is 5.91 Å². The van der Waals surface area contributed by atoms with Crippen LogP contribution in [-0.4, -0.2) is 66.7 Å². The lowest BCUT2D eigenvalue weighted by Gasteiger charge is -2.36. The Bertz CT molecular complexity index is 1150. The third-order valence-electron chi connectivity index (χ3n) is 6.97. The van der Waals surface area contributed by atoms with E-state index in [0.29, 0.717) is 19.1 Å². The molecule has 0 unspecified atom stereocenters. The summed E-state index contributed by atoms with van der Waals surface area (Å²) in [6.07, 6.45) is 5.27. The van der Waals surface area contributed by atoms with E-state index in [2.05, 4.69) is 39.7 Å². The van der Waals surface area contributed by atoms with Crippen LogP contribution in [0.2, 0.25) is 0 Å². The zero-order valence-corrected chi connectivity index (χ0v) is 20.4. The van der Waals surface area contributed by atoms with Crippen LogP contribution in [-0.2, 0) is 0 Å². The van der Waals surface area contributed by atoms with Crippen LogP contribution in [0.4, 0.5) is 11.5 Å². The summed E-state index contributed by atoms with van der Waals surface area (Å²) in [4.78, 5) is 31.1. The summed E-state index contributed by atoms with van der Waals surface area (Å²) in [5.41, 5.74) is 2.10. The predicted molar refractivity (Wildman–Crippen MR) is 134 cm³/mol. The van der Waals surface area contributed by atoms with Gasteiger partial charge in [0, 0.05) is 38.8 Å². The number of carbonyl (C=O) groups is 1. The van der Waals surface area contributed by atoms with Gasteiger partial charge in [-0.2, -0.15) is 0 Å². The minimum Gasteiger partial charge on any atom is -0.495 e. The Labute approximate surface area is 199 Å². The maximum Gasteiger partial charge on any atom is 0.264 e. The van der Waals surface area contributed by atoms with E-state index in [9.17, 15) is 4.79 Å². The number of ether oxygens (including phenoxy) is 1. The number of carbonyl (C=O) groups excluding carboxylic acids is 1. The van der Waals surface area contributed by atoms with Crippen molar-refractivity contribution in [3.63, 3.8) is 0 Å². The van der Waals surface area contributed by atoms with Gasteiger partial charge in [0.1, 0.15) is 22.7 Å². The third-order valence-corrected chi connectivity index (χ3v) is 8.16. The maximum absolute atomic E-state index is 13.5. The fourth-order valence-corrected chi connectivity index (χ4v) is 6.18. The topological polar surface area (TPSA) is 61.8 Å². The Morgan fingerprint density at radius 3 is 2.64 bits per heavy atom. The molecular formula is C25H31N5O2S. The van der Waals surface area contributed by atoms with E-state index in [4.69, 9.17) is 4.74 Å². The number of piperazine rings is 1. The second-order valence-electron chi connectivity index (χ2n) is 8.92. The van der Waals surface area contributed by atoms with Crippen molar-refractivity contribution < 1.29 is 9.53 Å². The van der Waals surface area contributed by atoms with Crippen molar-refractivity contribution in [3.8, 4) is 5.75 Å². The zero-order chi connectivity index (χ0) is 22.9. The fourth-order valence-electron chi connectivity index (χ4n) is 5.07. The molecule has 2 saturated heterocycles. The number of aryl methyl sites for hydroxylation is 1. The lowest BCUT2D eigenvalue weighted by molar-refractivity contribution is 0.0751. The monoisotopic (exact) mass is 465 g/mol. The summed E-state index contributed by atoms with van der Waals surface area (Å²) in [6.45, 7) is 8.27. The molecule has 1 atom stereocenters. The Morgan fingerprint density at radius 1 is 1.09 bits per heavy atom. The Kier molecular flexibility index (Phi) is 6.10. The number of hydrogen-bond donors (Lipinski definition) is 0. The number of nitrogens with zero attached hydrogens (tertiary/aromatic N) is 5. The molecule has 0 bridgehead atoms. The van der Waals surface area contributed by atoms with Crippen molar-refractivity contribution in [2.45, 2.75) is 39.2 Å². The van der Waals surface area contributed by atoms with Crippen molar-refractivity contribution in [2.75, 3.05) is 49.6 Å². The molecule has 3 aromatic rings. The number of amides is 1. The molecular weight excluding hydrogens is 434 g/mol. The van der Waals surface area contributed by atoms with Gasteiger partial charge >= 0.3 is 0 Å². The first-order valence-corrected chi connectivity index (χ1v) is 12.6. The normalized spacial score (nSPS) is 19.2.